The van der Waals surface area contributed by atoms with Gasteiger partial charge in [0.15, 0.2) is 0 Å². The van der Waals surface area contributed by atoms with Crippen LogP contribution < -0.4 is 27.4 Å². The van der Waals surface area contributed by atoms with E-state index in [0.717, 1.165) is 0 Å². The van der Waals surface area contributed by atoms with Gasteiger partial charge in [0.25, 0.3) is 0 Å². The van der Waals surface area contributed by atoms with E-state index in [-0.39, 0.29) is 18.6 Å². The van der Waals surface area contributed by atoms with Crippen molar-refractivity contribution in [2.24, 2.45) is 11.5 Å². The lowest BCUT2D eigenvalue weighted by Crippen LogP contribution is -2.58. The zero-order valence-corrected chi connectivity index (χ0v) is 20.5. The summed E-state index contributed by atoms with van der Waals surface area (Å²) in [5.74, 6) is -6.81. The number of H-pyrrole nitrogens is 1. The second kappa shape index (κ2) is 14.1. The molecule has 2 aromatic rings. The van der Waals surface area contributed by atoms with Gasteiger partial charge in [-0.05, 0) is 17.7 Å². The maximum atomic E-state index is 13.1. The number of imidazole rings is 1. The van der Waals surface area contributed by atoms with Gasteiger partial charge in [-0.2, -0.15) is 0 Å². The van der Waals surface area contributed by atoms with Crippen LogP contribution in [0, 0.1) is 0 Å². The van der Waals surface area contributed by atoms with E-state index in [4.69, 9.17) is 11.5 Å². The Bertz CT molecular complexity index is 1190. The molecule has 11 N–H and O–H groups in total. The first-order valence-electron chi connectivity index (χ1n) is 11.5. The summed E-state index contributed by atoms with van der Waals surface area (Å²) in [6.45, 7) is 0. The quantitative estimate of drug-likeness (QED) is 0.109. The summed E-state index contributed by atoms with van der Waals surface area (Å²) in [6, 6.07) is -0.457. The van der Waals surface area contributed by atoms with Crippen molar-refractivity contribution in [3.8, 4) is 5.75 Å². The fourth-order valence-electron chi connectivity index (χ4n) is 3.41. The summed E-state index contributed by atoms with van der Waals surface area (Å²) in [5.41, 5.74) is 11.5. The van der Waals surface area contributed by atoms with Crippen LogP contribution in [0.25, 0.3) is 0 Å². The van der Waals surface area contributed by atoms with Crippen molar-refractivity contribution in [1.29, 1.82) is 0 Å². The molecule has 16 heteroatoms. The van der Waals surface area contributed by atoms with Gasteiger partial charge in [0, 0.05) is 24.7 Å². The van der Waals surface area contributed by atoms with E-state index in [0.29, 0.717) is 11.3 Å². The standard InChI is InChI=1S/C23H29N7O9/c24-14(7-18(25)32)20(35)28-15(6-12-9-26-10-27-12)21(36)29-16(8-19(33)34)22(37)30-17(23(38)39)5-11-1-3-13(31)4-2-11/h1-4,9-10,14-17,31H,5-8,24H2,(H2,25,32)(H,26,27)(H,28,35)(H,29,36)(H,30,37)(H,33,34)(H,38,39). The Balaban J connectivity index is 2.20. The molecule has 1 heterocycles. The summed E-state index contributed by atoms with van der Waals surface area (Å²) in [5, 5.41) is 35.0. The molecule has 0 aliphatic rings. The van der Waals surface area contributed by atoms with Crippen LogP contribution in [0.3, 0.4) is 0 Å². The van der Waals surface area contributed by atoms with Gasteiger partial charge in [-0.25, -0.2) is 9.78 Å². The number of carbonyl (C=O) groups excluding carboxylic acids is 4. The number of rotatable bonds is 15. The third-order valence-electron chi connectivity index (χ3n) is 5.37. The predicted octanol–water partition coefficient (Wildman–Crippen LogP) is -2.88. The van der Waals surface area contributed by atoms with Crippen LogP contribution in [-0.4, -0.2) is 85.0 Å². The molecule has 0 aliphatic carbocycles. The van der Waals surface area contributed by atoms with Crippen LogP contribution in [0.15, 0.2) is 36.8 Å². The zero-order valence-electron chi connectivity index (χ0n) is 20.5. The van der Waals surface area contributed by atoms with Gasteiger partial charge in [0.2, 0.25) is 23.6 Å². The summed E-state index contributed by atoms with van der Waals surface area (Å²) < 4.78 is 0. The highest BCUT2D eigenvalue weighted by atomic mass is 16.4. The number of aromatic nitrogens is 2. The van der Waals surface area contributed by atoms with E-state index in [1.54, 1.807) is 0 Å². The lowest BCUT2D eigenvalue weighted by atomic mass is 10.0. The highest BCUT2D eigenvalue weighted by molar-refractivity contribution is 5.96. The van der Waals surface area contributed by atoms with Crippen molar-refractivity contribution >= 4 is 35.6 Å². The van der Waals surface area contributed by atoms with E-state index < -0.39 is 72.6 Å². The Morgan fingerprint density at radius 2 is 1.44 bits per heavy atom. The van der Waals surface area contributed by atoms with E-state index >= 15 is 0 Å². The number of carbonyl (C=O) groups is 6. The third kappa shape index (κ3) is 10.1. The first-order valence-corrected chi connectivity index (χ1v) is 11.5. The number of carboxylic acid groups (broad SMARTS) is 2. The van der Waals surface area contributed by atoms with E-state index in [1.165, 1.54) is 36.8 Å². The van der Waals surface area contributed by atoms with Gasteiger partial charge in [0.05, 0.1) is 25.2 Å². The molecule has 2 rings (SSSR count). The topological polar surface area (TPSA) is 280 Å². The number of nitrogens with zero attached hydrogens (tertiary/aromatic N) is 1. The molecule has 1 aromatic carbocycles. The number of benzene rings is 1. The molecule has 4 atom stereocenters. The Morgan fingerprint density at radius 3 is 1.97 bits per heavy atom. The SMILES string of the molecule is NC(=O)CC(N)C(=O)NC(Cc1cnc[nH]1)C(=O)NC(CC(=O)O)C(=O)NC(Cc1ccc(O)cc1)C(=O)O. The molecule has 0 spiro atoms. The Morgan fingerprint density at radius 1 is 0.846 bits per heavy atom. The zero-order chi connectivity index (χ0) is 29.1. The number of aromatic hydroxyl groups is 1. The monoisotopic (exact) mass is 547 g/mol. The van der Waals surface area contributed by atoms with Crippen LogP contribution in [0.2, 0.25) is 0 Å². The fourth-order valence-corrected chi connectivity index (χ4v) is 3.41. The number of aliphatic carboxylic acids is 2. The highest BCUT2D eigenvalue weighted by Gasteiger charge is 2.32. The Hall–Kier alpha value is -4.99. The summed E-state index contributed by atoms with van der Waals surface area (Å²) in [6.07, 6.45) is 0.872. The minimum atomic E-state index is -1.72. The molecule has 16 nitrogen and oxygen atoms in total. The molecule has 39 heavy (non-hydrogen) atoms. The average molecular weight is 548 g/mol. The number of amides is 4. The van der Waals surface area contributed by atoms with Gasteiger partial charge >= 0.3 is 11.9 Å². The summed E-state index contributed by atoms with van der Waals surface area (Å²) in [7, 11) is 0. The molecule has 0 saturated heterocycles. The maximum absolute atomic E-state index is 13.1. The van der Waals surface area contributed by atoms with E-state index in [9.17, 15) is 44.1 Å². The average Bonchev–Trinajstić information content (AvgIpc) is 3.36. The van der Waals surface area contributed by atoms with Crippen LogP contribution >= 0.6 is 0 Å². The van der Waals surface area contributed by atoms with Gasteiger partial charge in [-0.3, -0.25) is 24.0 Å². The molecule has 1 aromatic heterocycles. The lowest BCUT2D eigenvalue weighted by Gasteiger charge is -2.24. The molecule has 4 unspecified atom stereocenters. The number of hydrogen-bond donors (Lipinski definition) is 9. The largest absolute Gasteiger partial charge is 0.508 e. The van der Waals surface area contributed by atoms with Crippen LogP contribution in [0.4, 0.5) is 0 Å². The Labute approximate surface area is 221 Å². The smallest absolute Gasteiger partial charge is 0.326 e. The van der Waals surface area contributed by atoms with Crippen LogP contribution in [0.5, 0.6) is 5.75 Å². The molecular weight excluding hydrogens is 518 g/mol. The first-order chi connectivity index (χ1) is 18.3. The molecule has 0 aliphatic heterocycles. The number of phenolic OH excluding ortho intramolecular Hbond substituents is 1. The van der Waals surface area contributed by atoms with Crippen molar-refractivity contribution in [2.75, 3.05) is 0 Å². The molecule has 0 saturated carbocycles. The summed E-state index contributed by atoms with van der Waals surface area (Å²) >= 11 is 0. The normalized spacial score (nSPS) is 13.8. The number of nitrogens with one attached hydrogen (secondary N) is 4. The molecule has 4 amide bonds. The number of hydrogen-bond acceptors (Lipinski definition) is 9. The van der Waals surface area contributed by atoms with Crippen molar-refractivity contribution in [3.05, 3.63) is 48.0 Å². The van der Waals surface area contributed by atoms with Crippen molar-refractivity contribution in [1.82, 2.24) is 25.9 Å². The number of carboxylic acids is 2. The second-order valence-electron chi connectivity index (χ2n) is 8.55. The highest BCUT2D eigenvalue weighted by Crippen LogP contribution is 2.12. The fraction of sp³-hybridized carbons (Fsp3) is 0.348. The van der Waals surface area contributed by atoms with Gasteiger partial charge in [0.1, 0.15) is 23.9 Å². The number of phenols is 1. The lowest BCUT2D eigenvalue weighted by molar-refractivity contribution is -0.143. The van der Waals surface area contributed by atoms with Crippen LogP contribution in [-0.2, 0) is 41.6 Å². The van der Waals surface area contributed by atoms with Crippen molar-refractivity contribution < 1.29 is 44.1 Å². The summed E-state index contributed by atoms with van der Waals surface area (Å²) in [4.78, 5) is 79.2. The number of aromatic amines is 1. The first kappa shape index (κ1) is 30.2. The van der Waals surface area contributed by atoms with Crippen molar-refractivity contribution in [2.45, 2.75) is 49.9 Å². The third-order valence-corrected chi connectivity index (χ3v) is 5.37. The molecule has 0 fully saturated rings. The van der Waals surface area contributed by atoms with Gasteiger partial charge in [-0.15, -0.1) is 0 Å². The molecular formula is C23H29N7O9. The molecule has 0 bridgehead atoms. The van der Waals surface area contributed by atoms with Crippen molar-refractivity contribution in [3.63, 3.8) is 0 Å². The predicted molar refractivity (Wildman–Crippen MR) is 132 cm³/mol. The maximum Gasteiger partial charge on any atom is 0.326 e. The minimum Gasteiger partial charge on any atom is -0.508 e. The molecule has 210 valence electrons. The molecule has 0 radical (unpaired) electrons. The number of primary amides is 1. The Kier molecular flexibility index (Phi) is 10.9. The van der Waals surface area contributed by atoms with E-state index in [1.807, 2.05) is 0 Å². The number of nitrogens with two attached hydrogens (primary N) is 2. The minimum absolute atomic E-state index is 0.0498. The van der Waals surface area contributed by atoms with Gasteiger partial charge < -0.3 is 47.7 Å². The van der Waals surface area contributed by atoms with Crippen LogP contribution in [0.1, 0.15) is 24.1 Å². The van der Waals surface area contributed by atoms with E-state index in [2.05, 4.69) is 25.9 Å². The second-order valence-corrected chi connectivity index (χ2v) is 8.55. The van der Waals surface area contributed by atoms with Gasteiger partial charge in [-0.1, -0.05) is 12.1 Å².